The Hall–Kier alpha value is -0.120. The summed E-state index contributed by atoms with van der Waals surface area (Å²) in [4.78, 5) is 2.66. The van der Waals surface area contributed by atoms with Crippen molar-refractivity contribution >= 4 is 0 Å². The lowest BCUT2D eigenvalue weighted by molar-refractivity contribution is 0.1000. The zero-order valence-corrected chi connectivity index (χ0v) is 11.6. The summed E-state index contributed by atoms with van der Waals surface area (Å²) in [7, 11) is 1.81. The minimum absolute atomic E-state index is 0.748. The highest BCUT2D eigenvalue weighted by molar-refractivity contribution is 4.88. The van der Waals surface area contributed by atoms with Gasteiger partial charge in [-0.1, -0.05) is 6.92 Å². The van der Waals surface area contributed by atoms with E-state index in [4.69, 9.17) is 4.74 Å². The Morgan fingerprint density at radius 3 is 2.65 bits per heavy atom. The van der Waals surface area contributed by atoms with Crippen molar-refractivity contribution in [2.24, 2.45) is 17.8 Å². The fourth-order valence-electron chi connectivity index (χ4n) is 2.96. The second-order valence-electron chi connectivity index (χ2n) is 5.96. The van der Waals surface area contributed by atoms with Crippen molar-refractivity contribution in [3.63, 3.8) is 0 Å². The van der Waals surface area contributed by atoms with Crippen molar-refractivity contribution in [1.82, 2.24) is 10.2 Å². The van der Waals surface area contributed by atoms with E-state index in [9.17, 15) is 0 Å². The van der Waals surface area contributed by atoms with Crippen molar-refractivity contribution in [2.75, 3.05) is 39.9 Å². The molecule has 0 spiro atoms. The third-order valence-electron chi connectivity index (χ3n) is 4.61. The van der Waals surface area contributed by atoms with E-state index in [1.165, 1.54) is 32.5 Å². The summed E-state index contributed by atoms with van der Waals surface area (Å²) in [6, 6.07) is 0.748. The van der Waals surface area contributed by atoms with E-state index in [0.717, 1.165) is 36.9 Å². The van der Waals surface area contributed by atoms with Gasteiger partial charge in [-0.05, 0) is 50.6 Å². The van der Waals surface area contributed by atoms with Crippen LogP contribution in [0.2, 0.25) is 0 Å². The molecule has 1 saturated carbocycles. The molecule has 100 valence electrons. The third-order valence-corrected chi connectivity index (χ3v) is 4.61. The molecule has 1 heterocycles. The van der Waals surface area contributed by atoms with Gasteiger partial charge in [-0.2, -0.15) is 0 Å². The summed E-state index contributed by atoms with van der Waals surface area (Å²) in [6.07, 6.45) is 2.87. The van der Waals surface area contributed by atoms with Gasteiger partial charge in [0, 0.05) is 26.2 Å². The maximum Gasteiger partial charge on any atom is 0.0589 e. The van der Waals surface area contributed by atoms with Crippen LogP contribution in [0.3, 0.4) is 0 Å². The monoisotopic (exact) mass is 240 g/mol. The van der Waals surface area contributed by atoms with Crippen LogP contribution < -0.4 is 5.32 Å². The van der Waals surface area contributed by atoms with Gasteiger partial charge in [-0.15, -0.1) is 0 Å². The lowest BCUT2D eigenvalue weighted by Crippen LogP contribution is -2.41. The molecule has 3 unspecified atom stereocenters. The largest absolute Gasteiger partial charge is 0.383 e. The number of nitrogens with zero attached hydrogens (tertiary/aromatic N) is 1. The molecule has 0 aromatic rings. The quantitative estimate of drug-likeness (QED) is 0.731. The second kappa shape index (κ2) is 6.17. The predicted octanol–water partition coefficient (Wildman–Crippen LogP) is 1.59. The fraction of sp³-hybridized carbons (Fsp3) is 1.00. The Kier molecular flexibility index (Phi) is 4.83. The molecular weight excluding hydrogens is 212 g/mol. The van der Waals surface area contributed by atoms with Crippen molar-refractivity contribution in [2.45, 2.75) is 32.7 Å². The Bertz CT molecular complexity index is 230. The molecule has 3 atom stereocenters. The number of hydrogen-bond donors (Lipinski definition) is 1. The molecule has 0 aromatic heterocycles. The molecule has 2 rings (SSSR count). The first-order valence-electron chi connectivity index (χ1n) is 7.16. The summed E-state index contributed by atoms with van der Waals surface area (Å²) in [5.41, 5.74) is 0. The molecular formula is C14H28N2O. The SMILES string of the molecule is COCCN(CC1CNCC1C)C(C)C1CC1. The smallest absolute Gasteiger partial charge is 0.0589 e. The minimum atomic E-state index is 0.748. The summed E-state index contributed by atoms with van der Waals surface area (Å²) in [5.74, 6) is 2.61. The van der Waals surface area contributed by atoms with Crippen LogP contribution in [0.1, 0.15) is 26.7 Å². The maximum atomic E-state index is 5.26. The molecule has 1 aliphatic carbocycles. The molecule has 3 nitrogen and oxygen atoms in total. The van der Waals surface area contributed by atoms with Crippen LogP contribution in [0.25, 0.3) is 0 Å². The molecule has 1 N–H and O–H groups in total. The van der Waals surface area contributed by atoms with E-state index in [-0.39, 0.29) is 0 Å². The average Bonchev–Trinajstić information content (AvgIpc) is 3.09. The lowest BCUT2D eigenvalue weighted by Gasteiger charge is -2.32. The second-order valence-corrected chi connectivity index (χ2v) is 5.96. The Morgan fingerprint density at radius 1 is 1.35 bits per heavy atom. The van der Waals surface area contributed by atoms with Crippen LogP contribution in [0.5, 0.6) is 0 Å². The molecule has 0 amide bonds. The van der Waals surface area contributed by atoms with Crippen molar-refractivity contribution < 1.29 is 4.74 Å². The molecule has 2 fully saturated rings. The van der Waals surface area contributed by atoms with Crippen LogP contribution in [-0.2, 0) is 4.74 Å². The van der Waals surface area contributed by atoms with Gasteiger partial charge < -0.3 is 10.1 Å². The maximum absolute atomic E-state index is 5.26. The number of rotatable bonds is 7. The number of nitrogens with one attached hydrogen (secondary N) is 1. The highest BCUT2D eigenvalue weighted by Gasteiger charge is 2.34. The summed E-state index contributed by atoms with van der Waals surface area (Å²) in [6.45, 7) is 10.4. The standard InChI is InChI=1S/C14H28N2O/c1-11-8-15-9-14(11)10-16(6-7-17-3)12(2)13-4-5-13/h11-15H,4-10H2,1-3H3. The van der Waals surface area contributed by atoms with Gasteiger partial charge in [0.1, 0.15) is 0 Å². The molecule has 0 radical (unpaired) electrons. The zero-order chi connectivity index (χ0) is 12.3. The van der Waals surface area contributed by atoms with Crippen LogP contribution in [-0.4, -0.2) is 50.8 Å². The summed E-state index contributed by atoms with van der Waals surface area (Å²) in [5, 5.41) is 3.51. The topological polar surface area (TPSA) is 24.5 Å². The van der Waals surface area contributed by atoms with Gasteiger partial charge in [0.15, 0.2) is 0 Å². The van der Waals surface area contributed by atoms with E-state index >= 15 is 0 Å². The van der Waals surface area contributed by atoms with Gasteiger partial charge in [-0.3, -0.25) is 4.90 Å². The van der Waals surface area contributed by atoms with E-state index in [1.807, 2.05) is 0 Å². The van der Waals surface area contributed by atoms with Crippen LogP contribution in [0, 0.1) is 17.8 Å². The van der Waals surface area contributed by atoms with E-state index in [2.05, 4.69) is 24.1 Å². The third kappa shape index (κ3) is 3.67. The minimum Gasteiger partial charge on any atom is -0.383 e. The average molecular weight is 240 g/mol. The first-order valence-corrected chi connectivity index (χ1v) is 7.16. The van der Waals surface area contributed by atoms with Gasteiger partial charge in [0.2, 0.25) is 0 Å². The Morgan fingerprint density at radius 2 is 2.12 bits per heavy atom. The molecule has 17 heavy (non-hydrogen) atoms. The van der Waals surface area contributed by atoms with Gasteiger partial charge in [-0.25, -0.2) is 0 Å². The highest BCUT2D eigenvalue weighted by atomic mass is 16.5. The fourth-order valence-corrected chi connectivity index (χ4v) is 2.96. The molecule has 0 aromatic carbocycles. The lowest BCUT2D eigenvalue weighted by atomic mass is 9.96. The number of ether oxygens (including phenoxy) is 1. The van der Waals surface area contributed by atoms with Crippen molar-refractivity contribution in [3.05, 3.63) is 0 Å². The van der Waals surface area contributed by atoms with Crippen LogP contribution >= 0.6 is 0 Å². The zero-order valence-electron chi connectivity index (χ0n) is 11.6. The Labute approximate surface area is 106 Å². The number of hydrogen-bond acceptors (Lipinski definition) is 3. The van der Waals surface area contributed by atoms with E-state index in [0.29, 0.717) is 0 Å². The summed E-state index contributed by atoms with van der Waals surface area (Å²) >= 11 is 0. The van der Waals surface area contributed by atoms with Crippen molar-refractivity contribution in [3.8, 4) is 0 Å². The Balaban J connectivity index is 1.84. The van der Waals surface area contributed by atoms with Crippen LogP contribution in [0.15, 0.2) is 0 Å². The summed E-state index contributed by atoms with van der Waals surface area (Å²) < 4.78 is 5.26. The van der Waals surface area contributed by atoms with Crippen LogP contribution in [0.4, 0.5) is 0 Å². The molecule has 1 saturated heterocycles. The first kappa shape index (κ1) is 13.3. The predicted molar refractivity (Wildman–Crippen MR) is 71.2 cm³/mol. The van der Waals surface area contributed by atoms with E-state index in [1.54, 1.807) is 7.11 Å². The van der Waals surface area contributed by atoms with E-state index < -0.39 is 0 Å². The van der Waals surface area contributed by atoms with Gasteiger partial charge in [0.25, 0.3) is 0 Å². The molecule has 0 bridgehead atoms. The molecule has 1 aliphatic heterocycles. The van der Waals surface area contributed by atoms with Gasteiger partial charge in [0.05, 0.1) is 6.61 Å². The van der Waals surface area contributed by atoms with Crippen molar-refractivity contribution in [1.29, 1.82) is 0 Å². The molecule has 3 heteroatoms. The molecule has 2 aliphatic rings. The normalized spacial score (nSPS) is 31.1. The van der Waals surface area contributed by atoms with Gasteiger partial charge >= 0.3 is 0 Å². The number of methoxy groups -OCH3 is 1. The first-order chi connectivity index (χ1) is 8.22. The highest BCUT2D eigenvalue weighted by Crippen LogP contribution is 2.35.